The van der Waals surface area contributed by atoms with Gasteiger partial charge in [-0.15, -0.1) is 0 Å². The average Bonchev–Trinajstić information content (AvgIpc) is 2.68. The molecule has 0 amide bonds. The Hall–Kier alpha value is -0.830. The van der Waals surface area contributed by atoms with Crippen molar-refractivity contribution in [1.82, 2.24) is 15.1 Å². The molecule has 0 aliphatic heterocycles. The molecular weight excluding hydrogens is 198 g/mol. The zero-order chi connectivity index (χ0) is 11.5. The van der Waals surface area contributed by atoms with Gasteiger partial charge in [0.25, 0.3) is 0 Å². The van der Waals surface area contributed by atoms with Crippen LogP contribution < -0.4 is 5.32 Å². The summed E-state index contributed by atoms with van der Waals surface area (Å²) in [6, 6.07) is 1.10. The molecule has 0 aromatic carbocycles. The van der Waals surface area contributed by atoms with Crippen molar-refractivity contribution in [1.29, 1.82) is 0 Å². The van der Waals surface area contributed by atoms with E-state index < -0.39 is 0 Å². The summed E-state index contributed by atoms with van der Waals surface area (Å²) in [4.78, 5) is 0. The molecule has 16 heavy (non-hydrogen) atoms. The molecule has 1 aromatic heterocycles. The number of hydrogen-bond donors (Lipinski definition) is 1. The summed E-state index contributed by atoms with van der Waals surface area (Å²) in [7, 11) is 1.97. The minimum atomic E-state index is 0.416. The van der Waals surface area contributed by atoms with E-state index in [2.05, 4.69) is 30.5 Å². The van der Waals surface area contributed by atoms with Gasteiger partial charge in [0.15, 0.2) is 0 Å². The topological polar surface area (TPSA) is 29.9 Å². The molecule has 1 aromatic rings. The highest BCUT2D eigenvalue weighted by molar-refractivity contribution is 5.09. The van der Waals surface area contributed by atoms with Crippen LogP contribution in [0.1, 0.15) is 51.1 Å². The molecule has 3 unspecified atom stereocenters. The Labute approximate surface area is 98.2 Å². The Morgan fingerprint density at radius 1 is 1.44 bits per heavy atom. The Balaban J connectivity index is 1.93. The molecular formula is C13H23N3. The van der Waals surface area contributed by atoms with Crippen LogP contribution in [0.25, 0.3) is 0 Å². The molecule has 0 bridgehead atoms. The van der Waals surface area contributed by atoms with E-state index in [1.165, 1.54) is 31.2 Å². The lowest BCUT2D eigenvalue weighted by Crippen LogP contribution is -2.38. The molecule has 1 N–H and O–H groups in total. The molecule has 3 atom stereocenters. The van der Waals surface area contributed by atoms with Crippen molar-refractivity contribution in [2.45, 2.75) is 51.6 Å². The smallest absolute Gasteiger partial charge is 0.0537 e. The molecule has 1 aliphatic carbocycles. The van der Waals surface area contributed by atoms with Crippen LogP contribution in [0.2, 0.25) is 0 Å². The number of rotatable bonds is 3. The zero-order valence-corrected chi connectivity index (χ0v) is 10.6. The Morgan fingerprint density at radius 2 is 2.19 bits per heavy atom. The first kappa shape index (κ1) is 11.6. The van der Waals surface area contributed by atoms with Gasteiger partial charge in [0, 0.05) is 30.9 Å². The van der Waals surface area contributed by atoms with Crippen LogP contribution in [0, 0.1) is 5.92 Å². The van der Waals surface area contributed by atoms with E-state index in [1.54, 1.807) is 0 Å². The third-order valence-corrected chi connectivity index (χ3v) is 3.80. The van der Waals surface area contributed by atoms with Crippen LogP contribution in [-0.2, 0) is 7.05 Å². The molecule has 90 valence electrons. The third kappa shape index (κ3) is 2.64. The summed E-state index contributed by atoms with van der Waals surface area (Å²) >= 11 is 0. The fourth-order valence-electron chi connectivity index (χ4n) is 2.64. The highest BCUT2D eigenvalue weighted by Gasteiger charge is 2.23. The maximum absolute atomic E-state index is 4.23. The summed E-state index contributed by atoms with van der Waals surface area (Å²) in [5, 5.41) is 7.97. The lowest BCUT2D eigenvalue weighted by atomic mass is 9.85. The van der Waals surface area contributed by atoms with Gasteiger partial charge in [-0.25, -0.2) is 0 Å². The second-order valence-corrected chi connectivity index (χ2v) is 5.20. The average molecular weight is 221 g/mol. The van der Waals surface area contributed by atoms with Gasteiger partial charge in [-0.3, -0.25) is 4.68 Å². The predicted molar refractivity (Wildman–Crippen MR) is 66.2 cm³/mol. The Morgan fingerprint density at radius 3 is 2.81 bits per heavy atom. The van der Waals surface area contributed by atoms with Crippen LogP contribution in [0.4, 0.5) is 0 Å². The molecule has 3 heteroatoms. The van der Waals surface area contributed by atoms with Crippen LogP contribution in [0.3, 0.4) is 0 Å². The first-order valence-electron chi connectivity index (χ1n) is 6.41. The van der Waals surface area contributed by atoms with Gasteiger partial charge in [-0.2, -0.15) is 5.10 Å². The summed E-state index contributed by atoms with van der Waals surface area (Å²) in [6.07, 6.45) is 9.54. The van der Waals surface area contributed by atoms with Crippen molar-refractivity contribution in [3.63, 3.8) is 0 Å². The van der Waals surface area contributed by atoms with Crippen molar-refractivity contribution in [3.05, 3.63) is 18.0 Å². The van der Waals surface area contributed by atoms with Gasteiger partial charge >= 0.3 is 0 Å². The van der Waals surface area contributed by atoms with Crippen LogP contribution in [-0.4, -0.2) is 15.8 Å². The molecule has 1 fully saturated rings. The van der Waals surface area contributed by atoms with Crippen LogP contribution in [0.5, 0.6) is 0 Å². The van der Waals surface area contributed by atoms with Crippen molar-refractivity contribution in [2.24, 2.45) is 13.0 Å². The van der Waals surface area contributed by atoms with E-state index in [0.29, 0.717) is 12.1 Å². The minimum absolute atomic E-state index is 0.416. The highest BCUT2D eigenvalue weighted by atomic mass is 15.2. The van der Waals surface area contributed by atoms with Crippen molar-refractivity contribution in [3.8, 4) is 0 Å². The predicted octanol–water partition coefficient (Wildman–Crippen LogP) is 2.65. The molecule has 2 rings (SSSR count). The molecule has 1 saturated carbocycles. The highest BCUT2D eigenvalue weighted by Crippen LogP contribution is 2.26. The van der Waals surface area contributed by atoms with E-state index in [0.717, 1.165) is 5.92 Å². The summed E-state index contributed by atoms with van der Waals surface area (Å²) in [5.74, 6) is 0.813. The number of hydrogen-bond acceptors (Lipinski definition) is 2. The molecule has 0 saturated heterocycles. The van der Waals surface area contributed by atoms with Gasteiger partial charge in [0.1, 0.15) is 0 Å². The van der Waals surface area contributed by atoms with Crippen molar-refractivity contribution < 1.29 is 0 Å². The lowest BCUT2D eigenvalue weighted by Gasteiger charge is -2.32. The number of nitrogens with zero attached hydrogens (tertiary/aromatic N) is 2. The molecule has 1 heterocycles. The van der Waals surface area contributed by atoms with E-state index in [4.69, 9.17) is 0 Å². The number of nitrogens with one attached hydrogen (secondary N) is 1. The molecule has 0 spiro atoms. The van der Waals surface area contributed by atoms with Crippen LogP contribution in [0.15, 0.2) is 12.4 Å². The van der Waals surface area contributed by atoms with E-state index in [-0.39, 0.29) is 0 Å². The van der Waals surface area contributed by atoms with E-state index in [1.807, 2.05) is 17.9 Å². The second kappa shape index (κ2) is 5.00. The number of aromatic nitrogens is 2. The molecule has 0 radical (unpaired) electrons. The Bertz CT molecular complexity index is 332. The largest absolute Gasteiger partial charge is 0.307 e. The van der Waals surface area contributed by atoms with Gasteiger partial charge in [-0.1, -0.05) is 19.8 Å². The maximum atomic E-state index is 4.23. The fourth-order valence-corrected chi connectivity index (χ4v) is 2.64. The first-order valence-corrected chi connectivity index (χ1v) is 6.41. The van der Waals surface area contributed by atoms with E-state index >= 15 is 0 Å². The molecule has 1 aliphatic rings. The number of aryl methyl sites for hydroxylation is 1. The van der Waals surface area contributed by atoms with Crippen LogP contribution >= 0.6 is 0 Å². The lowest BCUT2D eigenvalue weighted by molar-refractivity contribution is 0.263. The Kier molecular flexibility index (Phi) is 3.64. The van der Waals surface area contributed by atoms with Gasteiger partial charge in [0.2, 0.25) is 0 Å². The summed E-state index contributed by atoms with van der Waals surface area (Å²) < 4.78 is 1.87. The second-order valence-electron chi connectivity index (χ2n) is 5.20. The fraction of sp³-hybridized carbons (Fsp3) is 0.769. The van der Waals surface area contributed by atoms with Gasteiger partial charge < -0.3 is 5.32 Å². The zero-order valence-electron chi connectivity index (χ0n) is 10.6. The normalized spacial score (nSPS) is 27.9. The van der Waals surface area contributed by atoms with Crippen molar-refractivity contribution >= 4 is 0 Å². The quantitative estimate of drug-likeness (QED) is 0.850. The maximum Gasteiger partial charge on any atom is 0.0537 e. The SMILES string of the molecule is CC(NC1CCCCC1C)c1cnn(C)c1. The van der Waals surface area contributed by atoms with E-state index in [9.17, 15) is 0 Å². The minimum Gasteiger partial charge on any atom is -0.307 e. The van der Waals surface area contributed by atoms with Crippen molar-refractivity contribution in [2.75, 3.05) is 0 Å². The summed E-state index contributed by atoms with van der Waals surface area (Å²) in [5.41, 5.74) is 1.29. The first-order chi connectivity index (χ1) is 7.66. The summed E-state index contributed by atoms with van der Waals surface area (Å²) in [6.45, 7) is 4.60. The molecule has 3 nitrogen and oxygen atoms in total. The standard InChI is InChI=1S/C13H23N3/c1-10-6-4-5-7-13(10)15-11(2)12-8-14-16(3)9-12/h8-11,13,15H,4-7H2,1-3H3. The third-order valence-electron chi connectivity index (χ3n) is 3.80. The monoisotopic (exact) mass is 221 g/mol. The van der Waals surface area contributed by atoms with Gasteiger partial charge in [0.05, 0.1) is 6.20 Å². The van der Waals surface area contributed by atoms with Gasteiger partial charge in [-0.05, 0) is 25.7 Å².